The highest BCUT2D eigenvalue weighted by Gasteiger charge is 2.35. The van der Waals surface area contributed by atoms with Crippen LogP contribution in [0.3, 0.4) is 0 Å². The zero-order valence-corrected chi connectivity index (χ0v) is 14.5. The average molecular weight is 346 g/mol. The van der Waals surface area contributed by atoms with Crippen molar-refractivity contribution in [3.8, 4) is 5.75 Å². The fourth-order valence-electron chi connectivity index (χ4n) is 2.87. The Morgan fingerprint density at radius 2 is 2.08 bits per heavy atom. The minimum absolute atomic E-state index is 0.0371. The largest absolute Gasteiger partial charge is 0.485 e. The van der Waals surface area contributed by atoms with Gasteiger partial charge in [0.1, 0.15) is 5.75 Å². The van der Waals surface area contributed by atoms with Crippen LogP contribution in [0.1, 0.15) is 22.1 Å². The molecule has 2 heterocycles. The molecule has 2 aromatic rings. The van der Waals surface area contributed by atoms with E-state index in [1.165, 1.54) is 0 Å². The molecule has 0 radical (unpaired) electrons. The summed E-state index contributed by atoms with van der Waals surface area (Å²) < 4.78 is 10.5. The first-order chi connectivity index (χ1) is 11.9. The van der Waals surface area contributed by atoms with Gasteiger partial charge >= 0.3 is 0 Å². The molecule has 134 valence electrons. The third-order valence-corrected chi connectivity index (χ3v) is 4.25. The second-order valence-electron chi connectivity index (χ2n) is 6.35. The molecule has 0 aliphatic carbocycles. The van der Waals surface area contributed by atoms with Crippen LogP contribution in [0.2, 0.25) is 0 Å². The van der Waals surface area contributed by atoms with Crippen molar-refractivity contribution in [1.82, 2.24) is 19.9 Å². The Morgan fingerprint density at radius 1 is 1.36 bits per heavy atom. The van der Waals surface area contributed by atoms with Gasteiger partial charge in [-0.05, 0) is 38.4 Å². The van der Waals surface area contributed by atoms with Crippen LogP contribution in [-0.4, -0.2) is 70.3 Å². The van der Waals surface area contributed by atoms with Crippen LogP contribution in [-0.2, 0) is 6.61 Å². The lowest BCUT2D eigenvalue weighted by molar-refractivity contribution is 0.0764. The van der Waals surface area contributed by atoms with Crippen LogP contribution in [0, 0.1) is 6.92 Å². The number of amides is 1. The molecule has 1 fully saturated rings. The van der Waals surface area contributed by atoms with Gasteiger partial charge in [-0.25, -0.2) is 0 Å². The number of aliphatic hydroxyl groups excluding tert-OH is 1. The molecule has 0 bridgehead atoms. The molecule has 1 aliphatic heterocycles. The topological polar surface area (TPSA) is 91.9 Å². The minimum Gasteiger partial charge on any atom is -0.485 e. The van der Waals surface area contributed by atoms with E-state index in [9.17, 15) is 9.90 Å². The highest BCUT2D eigenvalue weighted by Crippen LogP contribution is 2.19. The Balaban J connectivity index is 1.59. The Labute approximate surface area is 146 Å². The lowest BCUT2D eigenvalue weighted by Crippen LogP contribution is -2.38. The van der Waals surface area contributed by atoms with Crippen LogP contribution in [0.25, 0.3) is 0 Å². The molecule has 1 aliphatic rings. The standard InChI is InChI=1S/C17H22N4O4/c1-11-18-16(19-25-11)10-24-13-6-4-12(5-7-13)17(23)21-8-14(20(2)3)15(22)9-21/h4-7,14-15,22H,8-10H2,1-3H3/t14-,15-/m0/s1. The highest BCUT2D eigenvalue weighted by atomic mass is 16.5. The summed E-state index contributed by atoms with van der Waals surface area (Å²) in [6, 6.07) is 6.86. The number of ether oxygens (including phenoxy) is 1. The predicted molar refractivity (Wildman–Crippen MR) is 89.2 cm³/mol. The molecule has 3 rings (SSSR count). The van der Waals surface area contributed by atoms with E-state index in [0.29, 0.717) is 36.1 Å². The van der Waals surface area contributed by atoms with E-state index in [0.717, 1.165) is 0 Å². The molecule has 8 heteroatoms. The van der Waals surface area contributed by atoms with Gasteiger partial charge in [-0.15, -0.1) is 0 Å². The highest BCUT2D eigenvalue weighted by molar-refractivity contribution is 5.94. The fourth-order valence-corrected chi connectivity index (χ4v) is 2.87. The average Bonchev–Trinajstić information content (AvgIpc) is 3.18. The Kier molecular flexibility index (Phi) is 5.00. The number of aromatic nitrogens is 2. The molecule has 1 saturated heterocycles. The number of carbonyl (C=O) groups excluding carboxylic acids is 1. The number of likely N-dealkylation sites (N-methyl/N-ethyl adjacent to an activating group) is 1. The summed E-state index contributed by atoms with van der Waals surface area (Å²) >= 11 is 0. The van der Waals surface area contributed by atoms with Gasteiger partial charge in [0.25, 0.3) is 5.91 Å². The molecular weight excluding hydrogens is 324 g/mol. The number of aryl methyl sites for hydroxylation is 1. The number of aliphatic hydroxyl groups is 1. The second kappa shape index (κ2) is 7.20. The molecule has 25 heavy (non-hydrogen) atoms. The van der Waals surface area contributed by atoms with Crippen molar-refractivity contribution < 1.29 is 19.2 Å². The van der Waals surface area contributed by atoms with E-state index in [2.05, 4.69) is 10.1 Å². The summed E-state index contributed by atoms with van der Waals surface area (Å²) in [5, 5.41) is 13.8. The molecular formula is C17H22N4O4. The maximum Gasteiger partial charge on any atom is 0.254 e. The number of carbonyl (C=O) groups is 1. The van der Waals surface area contributed by atoms with E-state index >= 15 is 0 Å². The molecule has 1 amide bonds. The smallest absolute Gasteiger partial charge is 0.254 e. The van der Waals surface area contributed by atoms with Crippen molar-refractivity contribution in [1.29, 1.82) is 0 Å². The van der Waals surface area contributed by atoms with Crippen molar-refractivity contribution >= 4 is 5.91 Å². The lowest BCUT2D eigenvalue weighted by Gasteiger charge is -2.21. The first kappa shape index (κ1) is 17.4. The van der Waals surface area contributed by atoms with Gasteiger partial charge < -0.3 is 24.2 Å². The predicted octanol–water partition coefficient (Wildman–Crippen LogP) is 0.704. The van der Waals surface area contributed by atoms with Crippen LogP contribution in [0.5, 0.6) is 5.75 Å². The van der Waals surface area contributed by atoms with Gasteiger partial charge in [0.15, 0.2) is 6.61 Å². The van der Waals surface area contributed by atoms with E-state index in [1.54, 1.807) is 36.1 Å². The second-order valence-corrected chi connectivity index (χ2v) is 6.35. The lowest BCUT2D eigenvalue weighted by atomic mass is 10.2. The summed E-state index contributed by atoms with van der Waals surface area (Å²) in [7, 11) is 3.80. The van der Waals surface area contributed by atoms with E-state index in [-0.39, 0.29) is 18.6 Å². The Morgan fingerprint density at radius 3 is 2.64 bits per heavy atom. The Hall–Kier alpha value is -2.45. The van der Waals surface area contributed by atoms with Gasteiger partial charge in [0.05, 0.1) is 12.1 Å². The number of β-amino-alcohol motifs (C(OH)–C–C–N with tert-alkyl or cyclic N) is 1. The van der Waals surface area contributed by atoms with Gasteiger partial charge in [0.2, 0.25) is 11.7 Å². The maximum atomic E-state index is 12.6. The van der Waals surface area contributed by atoms with E-state index in [4.69, 9.17) is 9.26 Å². The summed E-state index contributed by atoms with van der Waals surface area (Å²) in [5.74, 6) is 1.48. The van der Waals surface area contributed by atoms with E-state index in [1.807, 2.05) is 19.0 Å². The minimum atomic E-state index is -0.528. The number of likely N-dealkylation sites (tertiary alicyclic amines) is 1. The number of hydrogen-bond donors (Lipinski definition) is 1. The summed E-state index contributed by atoms with van der Waals surface area (Å²) in [6.45, 7) is 2.78. The SMILES string of the molecule is Cc1nc(COc2ccc(C(=O)N3C[C@H](O)[C@@H](N(C)C)C3)cc2)no1. The monoisotopic (exact) mass is 346 g/mol. The van der Waals surface area contributed by atoms with Crippen molar-refractivity contribution in [2.45, 2.75) is 25.7 Å². The number of nitrogens with zero attached hydrogens (tertiary/aromatic N) is 4. The number of rotatable bonds is 5. The summed E-state index contributed by atoms with van der Waals surface area (Å²) in [6.07, 6.45) is -0.528. The number of benzene rings is 1. The van der Waals surface area contributed by atoms with Crippen molar-refractivity contribution in [3.63, 3.8) is 0 Å². The van der Waals surface area contributed by atoms with Gasteiger partial charge in [0, 0.05) is 25.6 Å². The maximum absolute atomic E-state index is 12.6. The Bertz CT molecular complexity index is 729. The summed E-state index contributed by atoms with van der Waals surface area (Å²) in [4.78, 5) is 20.3. The normalized spacial score (nSPS) is 20.3. The van der Waals surface area contributed by atoms with Crippen molar-refractivity contribution in [2.24, 2.45) is 0 Å². The molecule has 1 aromatic carbocycles. The first-order valence-corrected chi connectivity index (χ1v) is 8.10. The number of hydrogen-bond acceptors (Lipinski definition) is 7. The van der Waals surface area contributed by atoms with Gasteiger partial charge in [-0.3, -0.25) is 4.79 Å². The zero-order chi connectivity index (χ0) is 18.0. The zero-order valence-electron chi connectivity index (χ0n) is 14.5. The van der Waals surface area contributed by atoms with Gasteiger partial charge in [-0.1, -0.05) is 5.16 Å². The van der Waals surface area contributed by atoms with Crippen molar-refractivity contribution in [2.75, 3.05) is 27.2 Å². The van der Waals surface area contributed by atoms with Crippen LogP contribution < -0.4 is 4.74 Å². The third-order valence-electron chi connectivity index (χ3n) is 4.25. The molecule has 2 atom stereocenters. The van der Waals surface area contributed by atoms with Crippen LogP contribution >= 0.6 is 0 Å². The summed E-state index contributed by atoms with van der Waals surface area (Å²) in [5.41, 5.74) is 0.564. The quantitative estimate of drug-likeness (QED) is 0.852. The van der Waals surface area contributed by atoms with E-state index < -0.39 is 6.10 Å². The molecule has 1 N–H and O–H groups in total. The third kappa shape index (κ3) is 3.97. The van der Waals surface area contributed by atoms with Crippen LogP contribution in [0.15, 0.2) is 28.8 Å². The van der Waals surface area contributed by atoms with Crippen LogP contribution in [0.4, 0.5) is 0 Å². The molecule has 0 saturated carbocycles. The fraction of sp³-hybridized carbons (Fsp3) is 0.471. The van der Waals surface area contributed by atoms with Gasteiger partial charge in [-0.2, -0.15) is 4.98 Å². The molecule has 0 spiro atoms. The van der Waals surface area contributed by atoms with Crippen molar-refractivity contribution in [3.05, 3.63) is 41.5 Å². The first-order valence-electron chi connectivity index (χ1n) is 8.10. The molecule has 0 unspecified atom stereocenters. The molecule has 1 aromatic heterocycles. The molecule has 8 nitrogen and oxygen atoms in total.